The van der Waals surface area contributed by atoms with Gasteiger partial charge in [-0.1, -0.05) is 11.2 Å². The fourth-order valence-electron chi connectivity index (χ4n) is 4.16. The molecule has 0 aliphatic rings. The lowest BCUT2D eigenvalue weighted by atomic mass is 10.0. The largest absolute Gasteiger partial charge is 0.439 e. The molecule has 1 N–H and O–H groups in total. The summed E-state index contributed by atoms with van der Waals surface area (Å²) >= 11 is 0. The number of benzene rings is 2. The summed E-state index contributed by atoms with van der Waals surface area (Å²) in [6.45, 7) is 3.76. The topological polar surface area (TPSA) is 133 Å². The molecule has 0 unspecified atom stereocenters. The van der Waals surface area contributed by atoms with Crippen LogP contribution >= 0.6 is 0 Å². The SMILES string of the molecule is Cc1cc(CC(=O)Cc2ccc3ncnc(Nc4ccc(Oc5cc6nncn6cn5)c(C)c4)c3c2)no1. The van der Waals surface area contributed by atoms with Crippen LogP contribution in [0.4, 0.5) is 11.5 Å². The first kappa shape index (κ1) is 23.2. The molecular formula is C27H22N8O3. The zero-order valence-corrected chi connectivity index (χ0v) is 20.6. The summed E-state index contributed by atoms with van der Waals surface area (Å²) in [5, 5.41) is 16.0. The quantitative estimate of drug-likeness (QED) is 0.313. The highest BCUT2D eigenvalue weighted by Crippen LogP contribution is 2.29. The van der Waals surface area contributed by atoms with Crippen molar-refractivity contribution in [3.63, 3.8) is 0 Å². The Morgan fingerprint density at radius 2 is 1.92 bits per heavy atom. The Morgan fingerprint density at radius 3 is 2.76 bits per heavy atom. The number of aromatic nitrogens is 7. The number of ether oxygens (including phenoxy) is 1. The summed E-state index contributed by atoms with van der Waals surface area (Å²) in [6, 6.07) is 15.0. The van der Waals surface area contributed by atoms with Crippen molar-refractivity contribution in [3.8, 4) is 11.6 Å². The van der Waals surface area contributed by atoms with E-state index in [4.69, 9.17) is 9.26 Å². The van der Waals surface area contributed by atoms with Gasteiger partial charge >= 0.3 is 0 Å². The molecule has 188 valence electrons. The molecule has 4 aromatic heterocycles. The predicted octanol–water partition coefficient (Wildman–Crippen LogP) is 4.56. The van der Waals surface area contributed by atoms with Gasteiger partial charge in [0.15, 0.2) is 5.65 Å². The number of fused-ring (bicyclic) bond motifs is 2. The molecule has 0 saturated carbocycles. The van der Waals surface area contributed by atoms with Crippen LogP contribution in [0.15, 0.2) is 72.0 Å². The van der Waals surface area contributed by atoms with E-state index in [1.807, 2.05) is 43.3 Å². The fraction of sp³-hybridized carbons (Fsp3) is 0.148. The van der Waals surface area contributed by atoms with Gasteiger partial charge in [0.25, 0.3) is 0 Å². The molecule has 0 bridgehead atoms. The number of nitrogens with zero attached hydrogens (tertiary/aromatic N) is 7. The number of carbonyl (C=O) groups is 1. The molecule has 6 aromatic rings. The molecule has 0 saturated heterocycles. The van der Waals surface area contributed by atoms with Gasteiger partial charge in [0, 0.05) is 29.6 Å². The molecule has 11 heteroatoms. The normalized spacial score (nSPS) is 11.2. The summed E-state index contributed by atoms with van der Waals surface area (Å²) in [5.74, 6) is 2.47. The second-order valence-corrected chi connectivity index (χ2v) is 8.93. The highest BCUT2D eigenvalue weighted by molar-refractivity contribution is 5.92. The molecule has 0 aliphatic heterocycles. The van der Waals surface area contributed by atoms with Crippen molar-refractivity contribution in [2.75, 3.05) is 5.32 Å². The molecule has 0 radical (unpaired) electrons. The number of aryl methyl sites for hydroxylation is 2. The Balaban J connectivity index is 1.20. The van der Waals surface area contributed by atoms with E-state index >= 15 is 0 Å². The molecule has 0 fully saturated rings. The first-order valence-electron chi connectivity index (χ1n) is 11.9. The molecule has 0 aliphatic carbocycles. The first-order valence-corrected chi connectivity index (χ1v) is 11.9. The summed E-state index contributed by atoms with van der Waals surface area (Å²) < 4.78 is 12.7. The van der Waals surface area contributed by atoms with Crippen LogP contribution in [0.1, 0.15) is 22.6 Å². The standard InChI is InChI=1S/C27H22N8O3/c1-16-7-19(4-6-24(16)37-26-12-25-33-31-15-35(25)14-30-26)32-27-22-10-18(3-5-23(22)28-13-29-27)9-21(36)11-20-8-17(2)38-34-20/h3-8,10,12-15H,9,11H2,1-2H3,(H,28,29,32). The van der Waals surface area contributed by atoms with Crippen molar-refractivity contribution < 1.29 is 14.1 Å². The van der Waals surface area contributed by atoms with E-state index in [1.54, 1.807) is 36.1 Å². The third kappa shape index (κ3) is 4.89. The Morgan fingerprint density at radius 1 is 1.00 bits per heavy atom. The summed E-state index contributed by atoms with van der Waals surface area (Å²) in [4.78, 5) is 25.7. The van der Waals surface area contributed by atoms with Gasteiger partial charge in [0.2, 0.25) is 5.88 Å². The molecule has 6 rings (SSSR count). The van der Waals surface area contributed by atoms with Crippen molar-refractivity contribution >= 4 is 33.8 Å². The minimum atomic E-state index is 0.0490. The van der Waals surface area contributed by atoms with E-state index < -0.39 is 0 Å². The van der Waals surface area contributed by atoms with Crippen LogP contribution in [0.2, 0.25) is 0 Å². The molecule has 4 heterocycles. The highest BCUT2D eigenvalue weighted by atomic mass is 16.5. The van der Waals surface area contributed by atoms with Crippen molar-refractivity contribution in [3.05, 3.63) is 90.1 Å². The van der Waals surface area contributed by atoms with Crippen molar-refractivity contribution in [1.82, 2.24) is 34.7 Å². The molecule has 2 aromatic carbocycles. The first-order chi connectivity index (χ1) is 18.5. The van der Waals surface area contributed by atoms with Crippen LogP contribution in [0.25, 0.3) is 16.6 Å². The van der Waals surface area contributed by atoms with Crippen molar-refractivity contribution in [2.24, 2.45) is 0 Å². The van der Waals surface area contributed by atoms with E-state index in [1.165, 1.54) is 6.33 Å². The Labute approximate surface area is 216 Å². The van der Waals surface area contributed by atoms with Gasteiger partial charge in [0.05, 0.1) is 17.6 Å². The average Bonchev–Trinajstić information content (AvgIpc) is 3.54. The van der Waals surface area contributed by atoms with Gasteiger partial charge in [-0.25, -0.2) is 15.0 Å². The van der Waals surface area contributed by atoms with E-state index in [0.29, 0.717) is 34.5 Å². The second-order valence-electron chi connectivity index (χ2n) is 8.93. The van der Waals surface area contributed by atoms with Gasteiger partial charge in [-0.05, 0) is 55.3 Å². The fourth-order valence-corrected chi connectivity index (χ4v) is 4.16. The Hall–Kier alpha value is -5.19. The number of Topliss-reactive ketones (excluding diaryl/α,β-unsaturated/α-hetero) is 1. The minimum absolute atomic E-state index is 0.0490. The van der Waals surface area contributed by atoms with Gasteiger partial charge in [-0.15, -0.1) is 10.2 Å². The maximum Gasteiger partial charge on any atom is 0.224 e. The van der Waals surface area contributed by atoms with E-state index in [2.05, 4.69) is 35.6 Å². The predicted molar refractivity (Wildman–Crippen MR) is 139 cm³/mol. The summed E-state index contributed by atoms with van der Waals surface area (Å²) in [5.41, 5.74) is 4.67. The van der Waals surface area contributed by atoms with Crippen molar-refractivity contribution in [1.29, 1.82) is 0 Å². The van der Waals surface area contributed by atoms with Crippen LogP contribution in [0, 0.1) is 13.8 Å². The zero-order valence-electron chi connectivity index (χ0n) is 20.6. The van der Waals surface area contributed by atoms with Crippen LogP contribution in [-0.2, 0) is 17.6 Å². The number of anilines is 2. The van der Waals surface area contributed by atoms with Crippen LogP contribution < -0.4 is 10.1 Å². The van der Waals surface area contributed by atoms with E-state index in [9.17, 15) is 4.79 Å². The van der Waals surface area contributed by atoms with Crippen LogP contribution in [0.3, 0.4) is 0 Å². The number of rotatable bonds is 8. The minimum Gasteiger partial charge on any atom is -0.439 e. The maximum absolute atomic E-state index is 12.6. The Kier molecular flexibility index (Phi) is 5.92. The molecule has 0 spiro atoms. The monoisotopic (exact) mass is 506 g/mol. The lowest BCUT2D eigenvalue weighted by molar-refractivity contribution is -0.117. The zero-order chi connectivity index (χ0) is 26.1. The number of nitrogens with one attached hydrogen (secondary N) is 1. The molecule has 0 amide bonds. The molecule has 38 heavy (non-hydrogen) atoms. The lowest BCUT2D eigenvalue weighted by Gasteiger charge is -2.12. The van der Waals surface area contributed by atoms with Gasteiger partial charge in [-0.3, -0.25) is 9.20 Å². The van der Waals surface area contributed by atoms with Crippen LogP contribution in [0.5, 0.6) is 11.6 Å². The van der Waals surface area contributed by atoms with Gasteiger partial charge in [-0.2, -0.15) is 0 Å². The number of ketones is 1. The summed E-state index contributed by atoms with van der Waals surface area (Å²) in [6.07, 6.45) is 5.19. The lowest BCUT2D eigenvalue weighted by Crippen LogP contribution is -2.07. The molecular weight excluding hydrogens is 484 g/mol. The average molecular weight is 507 g/mol. The van der Waals surface area contributed by atoms with E-state index in [-0.39, 0.29) is 18.6 Å². The smallest absolute Gasteiger partial charge is 0.224 e. The van der Waals surface area contributed by atoms with Crippen molar-refractivity contribution in [2.45, 2.75) is 26.7 Å². The third-order valence-electron chi connectivity index (χ3n) is 5.97. The molecule has 11 nitrogen and oxygen atoms in total. The maximum atomic E-state index is 12.6. The highest BCUT2D eigenvalue weighted by Gasteiger charge is 2.12. The van der Waals surface area contributed by atoms with Gasteiger partial charge in [0.1, 0.15) is 42.1 Å². The second kappa shape index (κ2) is 9.69. The van der Waals surface area contributed by atoms with Gasteiger partial charge < -0.3 is 14.6 Å². The summed E-state index contributed by atoms with van der Waals surface area (Å²) in [7, 11) is 0. The number of hydrogen-bond donors (Lipinski definition) is 1. The third-order valence-corrected chi connectivity index (χ3v) is 5.97. The van der Waals surface area contributed by atoms with E-state index in [0.717, 1.165) is 27.7 Å². The number of hydrogen-bond acceptors (Lipinski definition) is 10. The Bertz CT molecular complexity index is 1790. The van der Waals surface area contributed by atoms with Crippen LogP contribution in [-0.4, -0.2) is 40.5 Å². The molecule has 0 atom stereocenters. The number of carbonyl (C=O) groups excluding carboxylic acids is 1.